The summed E-state index contributed by atoms with van der Waals surface area (Å²) in [5.41, 5.74) is 1.94. The minimum Gasteiger partial charge on any atom is -0.372 e. The summed E-state index contributed by atoms with van der Waals surface area (Å²) in [5.74, 6) is -0.424. The average Bonchev–Trinajstić information content (AvgIpc) is 3.16. The summed E-state index contributed by atoms with van der Waals surface area (Å²) in [6.45, 7) is 3.13. The maximum absolute atomic E-state index is 13.1. The number of nitrogens with one attached hydrogen (secondary N) is 1. The predicted molar refractivity (Wildman–Crippen MR) is 125 cm³/mol. The van der Waals surface area contributed by atoms with E-state index >= 15 is 0 Å². The molecule has 2 fully saturated rings. The molecular weight excluding hydrogens is 434 g/mol. The Morgan fingerprint density at radius 1 is 0.839 bits per heavy atom. The number of halogens is 1. The van der Waals surface area contributed by atoms with Crippen LogP contribution in [0.15, 0.2) is 47.4 Å². The van der Waals surface area contributed by atoms with Crippen molar-refractivity contribution in [3.63, 3.8) is 0 Å². The average molecular weight is 462 g/mol. The first kappa shape index (κ1) is 22.1. The van der Waals surface area contributed by atoms with E-state index < -0.39 is 15.9 Å². The monoisotopic (exact) mass is 461 g/mol. The van der Waals surface area contributed by atoms with Crippen LogP contribution >= 0.6 is 11.6 Å². The van der Waals surface area contributed by atoms with Crippen LogP contribution in [0.2, 0.25) is 5.02 Å². The molecule has 8 heteroatoms. The zero-order valence-electron chi connectivity index (χ0n) is 17.5. The third-order valence-electron chi connectivity index (χ3n) is 5.98. The second-order valence-corrected chi connectivity index (χ2v) is 10.5. The Morgan fingerprint density at radius 3 is 2.10 bits per heavy atom. The first-order valence-corrected chi connectivity index (χ1v) is 12.7. The molecule has 0 aromatic heterocycles. The van der Waals surface area contributed by atoms with E-state index in [0.717, 1.165) is 44.5 Å². The molecular formula is C23H28ClN3O3S. The highest BCUT2D eigenvalue weighted by Gasteiger charge is 2.26. The molecule has 2 aliphatic rings. The second-order valence-electron chi connectivity index (χ2n) is 8.16. The van der Waals surface area contributed by atoms with E-state index in [-0.39, 0.29) is 15.5 Å². The number of hydrogen-bond acceptors (Lipinski definition) is 4. The van der Waals surface area contributed by atoms with E-state index in [4.69, 9.17) is 11.6 Å². The van der Waals surface area contributed by atoms with Gasteiger partial charge in [0.2, 0.25) is 10.0 Å². The van der Waals surface area contributed by atoms with Crippen molar-refractivity contribution in [3.8, 4) is 0 Å². The topological polar surface area (TPSA) is 69.7 Å². The van der Waals surface area contributed by atoms with Crippen LogP contribution in [0.4, 0.5) is 11.4 Å². The Balaban J connectivity index is 1.51. The molecule has 1 N–H and O–H groups in total. The molecule has 2 aromatic rings. The standard InChI is InChI=1S/C23H28ClN3O3S/c24-22-12-11-20(31(29,30)27-15-3-1-2-4-16-27)17-21(22)23(28)25-18-7-9-19(10-8-18)26-13-5-6-14-26/h7-12,17H,1-6,13-16H2,(H,25,28). The fourth-order valence-corrected chi connectivity index (χ4v) is 5.95. The van der Waals surface area contributed by atoms with Gasteiger partial charge < -0.3 is 10.2 Å². The van der Waals surface area contributed by atoms with Crippen LogP contribution in [0.5, 0.6) is 0 Å². The van der Waals surface area contributed by atoms with E-state index in [9.17, 15) is 13.2 Å². The van der Waals surface area contributed by atoms with Crippen molar-refractivity contribution in [3.05, 3.63) is 53.1 Å². The van der Waals surface area contributed by atoms with Crippen molar-refractivity contribution in [2.24, 2.45) is 0 Å². The first-order chi connectivity index (χ1) is 14.9. The molecule has 4 rings (SSSR count). The van der Waals surface area contributed by atoms with E-state index in [2.05, 4.69) is 10.2 Å². The molecule has 2 heterocycles. The van der Waals surface area contributed by atoms with Gasteiger partial charge in [-0.3, -0.25) is 4.79 Å². The van der Waals surface area contributed by atoms with Crippen molar-refractivity contribution < 1.29 is 13.2 Å². The molecule has 2 aromatic carbocycles. The van der Waals surface area contributed by atoms with Gasteiger partial charge in [-0.1, -0.05) is 24.4 Å². The summed E-state index contributed by atoms with van der Waals surface area (Å²) in [5, 5.41) is 3.06. The summed E-state index contributed by atoms with van der Waals surface area (Å²) in [7, 11) is -3.66. The fraction of sp³-hybridized carbons (Fsp3) is 0.435. The summed E-state index contributed by atoms with van der Waals surface area (Å²) in [6.07, 6.45) is 6.19. The second kappa shape index (κ2) is 9.59. The highest BCUT2D eigenvalue weighted by molar-refractivity contribution is 7.89. The predicted octanol–water partition coefficient (Wildman–Crippen LogP) is 4.76. The molecule has 1 amide bonds. The lowest BCUT2D eigenvalue weighted by Crippen LogP contribution is -2.32. The molecule has 0 unspecified atom stereocenters. The van der Waals surface area contributed by atoms with Crippen LogP contribution in [0.1, 0.15) is 48.9 Å². The van der Waals surface area contributed by atoms with Crippen LogP contribution in [0.25, 0.3) is 0 Å². The van der Waals surface area contributed by atoms with Crippen molar-refractivity contribution in [1.29, 1.82) is 0 Å². The summed E-state index contributed by atoms with van der Waals surface area (Å²) in [4.78, 5) is 15.3. The molecule has 0 atom stereocenters. The number of nitrogens with zero attached hydrogens (tertiary/aromatic N) is 2. The van der Waals surface area contributed by atoms with E-state index in [0.29, 0.717) is 18.8 Å². The van der Waals surface area contributed by atoms with Crippen LogP contribution in [-0.2, 0) is 10.0 Å². The van der Waals surface area contributed by atoms with Gasteiger partial charge in [-0.15, -0.1) is 0 Å². The smallest absolute Gasteiger partial charge is 0.257 e. The molecule has 0 saturated carbocycles. The third kappa shape index (κ3) is 5.05. The van der Waals surface area contributed by atoms with Gasteiger partial charge >= 0.3 is 0 Å². The summed E-state index contributed by atoms with van der Waals surface area (Å²) < 4.78 is 27.7. The largest absolute Gasteiger partial charge is 0.372 e. The lowest BCUT2D eigenvalue weighted by Gasteiger charge is -2.20. The minimum absolute atomic E-state index is 0.105. The number of amides is 1. The number of carbonyl (C=O) groups is 1. The molecule has 0 aliphatic carbocycles. The van der Waals surface area contributed by atoms with Gasteiger partial charge in [0.25, 0.3) is 5.91 Å². The molecule has 6 nitrogen and oxygen atoms in total. The number of benzene rings is 2. The number of anilines is 2. The molecule has 2 saturated heterocycles. The zero-order chi connectivity index (χ0) is 21.8. The van der Waals surface area contributed by atoms with Crippen molar-refractivity contribution in [2.75, 3.05) is 36.4 Å². The Bertz CT molecular complexity index is 1030. The highest BCUT2D eigenvalue weighted by Crippen LogP contribution is 2.27. The van der Waals surface area contributed by atoms with Crippen LogP contribution in [0, 0.1) is 0 Å². The molecule has 0 spiro atoms. The Morgan fingerprint density at radius 2 is 1.45 bits per heavy atom. The SMILES string of the molecule is O=C(Nc1ccc(N2CCCC2)cc1)c1cc(S(=O)(=O)N2CCCCCC2)ccc1Cl. The summed E-state index contributed by atoms with van der Waals surface area (Å²) >= 11 is 6.25. The van der Waals surface area contributed by atoms with Gasteiger partial charge in [0.15, 0.2) is 0 Å². The molecule has 31 heavy (non-hydrogen) atoms. The lowest BCUT2D eigenvalue weighted by molar-refractivity contribution is 0.102. The van der Waals surface area contributed by atoms with Gasteiger partial charge in [0.1, 0.15) is 0 Å². The van der Waals surface area contributed by atoms with Gasteiger partial charge in [0.05, 0.1) is 15.5 Å². The first-order valence-electron chi connectivity index (χ1n) is 10.9. The summed E-state index contributed by atoms with van der Waals surface area (Å²) in [6, 6.07) is 12.0. The molecule has 2 aliphatic heterocycles. The number of sulfonamides is 1. The van der Waals surface area contributed by atoms with Crippen LogP contribution < -0.4 is 10.2 Å². The van der Waals surface area contributed by atoms with Crippen molar-refractivity contribution in [1.82, 2.24) is 4.31 Å². The zero-order valence-corrected chi connectivity index (χ0v) is 19.1. The highest BCUT2D eigenvalue weighted by atomic mass is 35.5. The van der Waals surface area contributed by atoms with Crippen molar-refractivity contribution in [2.45, 2.75) is 43.4 Å². The Kier molecular flexibility index (Phi) is 6.84. The fourth-order valence-electron chi connectivity index (χ4n) is 4.20. The maximum atomic E-state index is 13.1. The normalized spacial score (nSPS) is 18.0. The Labute approximate surface area is 189 Å². The number of rotatable bonds is 5. The lowest BCUT2D eigenvalue weighted by atomic mass is 10.2. The minimum atomic E-state index is -3.66. The van der Waals surface area contributed by atoms with E-state index in [1.807, 2.05) is 24.3 Å². The molecule has 0 radical (unpaired) electrons. The van der Waals surface area contributed by atoms with E-state index in [1.165, 1.54) is 35.3 Å². The quantitative estimate of drug-likeness (QED) is 0.697. The Hall–Kier alpha value is -2.09. The van der Waals surface area contributed by atoms with Gasteiger partial charge in [-0.2, -0.15) is 4.31 Å². The number of hydrogen-bond donors (Lipinski definition) is 1. The van der Waals surface area contributed by atoms with Gasteiger partial charge in [0, 0.05) is 37.6 Å². The van der Waals surface area contributed by atoms with Crippen LogP contribution in [0.3, 0.4) is 0 Å². The van der Waals surface area contributed by atoms with E-state index in [1.54, 1.807) is 0 Å². The number of carbonyl (C=O) groups excluding carboxylic acids is 1. The van der Waals surface area contributed by atoms with Gasteiger partial charge in [-0.25, -0.2) is 8.42 Å². The third-order valence-corrected chi connectivity index (χ3v) is 8.21. The molecule has 166 valence electrons. The maximum Gasteiger partial charge on any atom is 0.257 e. The molecule has 0 bridgehead atoms. The van der Waals surface area contributed by atoms with Gasteiger partial charge in [-0.05, 0) is 68.1 Å². The van der Waals surface area contributed by atoms with Crippen molar-refractivity contribution >= 4 is 38.9 Å². The van der Waals surface area contributed by atoms with Crippen LogP contribution in [-0.4, -0.2) is 44.8 Å².